The first-order valence-corrected chi connectivity index (χ1v) is 8.19. The zero-order chi connectivity index (χ0) is 16.7. The Kier molecular flexibility index (Phi) is 3.81. The van der Waals surface area contributed by atoms with E-state index in [1.165, 1.54) is 12.1 Å². The number of halogens is 2. The normalized spacial score (nSPS) is 18.5. The molecule has 1 aliphatic rings. The van der Waals surface area contributed by atoms with Crippen molar-refractivity contribution < 1.29 is 8.78 Å². The summed E-state index contributed by atoms with van der Waals surface area (Å²) in [5.41, 5.74) is 2.97. The maximum Gasteiger partial charge on any atom is 0.159 e. The molecule has 1 saturated heterocycles. The minimum atomic E-state index is -0.794. The third-order valence-corrected chi connectivity index (χ3v) is 4.85. The fraction of sp³-hybridized carbons (Fsp3) is 0.316. The number of imidazole rings is 1. The van der Waals surface area contributed by atoms with Gasteiger partial charge in [-0.1, -0.05) is 18.2 Å². The van der Waals surface area contributed by atoms with Crippen LogP contribution in [0.25, 0.3) is 11.0 Å². The van der Waals surface area contributed by atoms with E-state index in [4.69, 9.17) is 4.98 Å². The largest absolute Gasteiger partial charge is 0.331 e. The SMILES string of the molecule is Cn1c([C@H]2CCN(Cc3ccc(F)c(F)c3)C2)nc2ccccc21. The summed E-state index contributed by atoms with van der Waals surface area (Å²) in [6.07, 6.45) is 1.03. The molecule has 4 rings (SSSR count). The average molecular weight is 327 g/mol. The molecule has 3 aromatic rings. The minimum Gasteiger partial charge on any atom is -0.331 e. The van der Waals surface area contributed by atoms with Gasteiger partial charge in [-0.25, -0.2) is 13.8 Å². The van der Waals surface area contributed by atoms with Gasteiger partial charge >= 0.3 is 0 Å². The van der Waals surface area contributed by atoms with Gasteiger partial charge in [0, 0.05) is 26.1 Å². The highest BCUT2D eigenvalue weighted by Crippen LogP contribution is 2.29. The number of nitrogens with zero attached hydrogens (tertiary/aromatic N) is 3. The first kappa shape index (κ1) is 15.3. The van der Waals surface area contributed by atoms with Gasteiger partial charge in [0.1, 0.15) is 5.82 Å². The van der Waals surface area contributed by atoms with Gasteiger partial charge in [0.15, 0.2) is 11.6 Å². The second-order valence-corrected chi connectivity index (χ2v) is 6.49. The van der Waals surface area contributed by atoms with Crippen molar-refractivity contribution in [2.24, 2.45) is 7.05 Å². The van der Waals surface area contributed by atoms with E-state index in [-0.39, 0.29) is 0 Å². The molecular formula is C19H19F2N3. The Morgan fingerprint density at radius 2 is 1.96 bits per heavy atom. The van der Waals surface area contributed by atoms with Crippen molar-refractivity contribution in [3.63, 3.8) is 0 Å². The van der Waals surface area contributed by atoms with Gasteiger partial charge in [0.25, 0.3) is 0 Å². The number of hydrogen-bond acceptors (Lipinski definition) is 2. The van der Waals surface area contributed by atoms with Gasteiger partial charge in [-0.2, -0.15) is 0 Å². The van der Waals surface area contributed by atoms with Crippen molar-refractivity contribution in [1.82, 2.24) is 14.5 Å². The number of fused-ring (bicyclic) bond motifs is 1. The Morgan fingerprint density at radius 3 is 2.75 bits per heavy atom. The van der Waals surface area contributed by atoms with Crippen LogP contribution in [0.4, 0.5) is 8.78 Å². The van der Waals surface area contributed by atoms with E-state index in [0.29, 0.717) is 12.5 Å². The summed E-state index contributed by atoms with van der Waals surface area (Å²) in [7, 11) is 2.06. The fourth-order valence-electron chi connectivity index (χ4n) is 3.61. The predicted molar refractivity (Wildman–Crippen MR) is 89.7 cm³/mol. The minimum absolute atomic E-state index is 0.368. The Hall–Kier alpha value is -2.27. The third kappa shape index (κ3) is 2.69. The molecule has 0 radical (unpaired) electrons. The molecule has 124 valence electrons. The first-order chi connectivity index (χ1) is 11.6. The van der Waals surface area contributed by atoms with E-state index >= 15 is 0 Å². The molecule has 0 saturated carbocycles. The number of benzene rings is 2. The maximum absolute atomic E-state index is 13.4. The van der Waals surface area contributed by atoms with Gasteiger partial charge in [-0.05, 0) is 42.8 Å². The van der Waals surface area contributed by atoms with E-state index in [1.807, 2.05) is 18.2 Å². The molecule has 0 aliphatic carbocycles. The van der Waals surface area contributed by atoms with Gasteiger partial charge in [-0.3, -0.25) is 4.90 Å². The van der Waals surface area contributed by atoms with Crippen LogP contribution in [-0.4, -0.2) is 27.5 Å². The number of aryl methyl sites for hydroxylation is 1. The van der Waals surface area contributed by atoms with Crippen LogP contribution in [0.3, 0.4) is 0 Å². The molecule has 2 heterocycles. The summed E-state index contributed by atoms with van der Waals surface area (Å²) in [4.78, 5) is 7.06. The smallest absolute Gasteiger partial charge is 0.159 e. The molecule has 0 amide bonds. The van der Waals surface area contributed by atoms with Crippen molar-refractivity contribution in [1.29, 1.82) is 0 Å². The maximum atomic E-state index is 13.4. The van der Waals surface area contributed by atoms with Crippen LogP contribution in [0.5, 0.6) is 0 Å². The van der Waals surface area contributed by atoms with Crippen LogP contribution in [0, 0.1) is 11.6 Å². The van der Waals surface area contributed by atoms with E-state index in [1.54, 1.807) is 6.07 Å². The lowest BCUT2D eigenvalue weighted by molar-refractivity contribution is 0.324. The lowest BCUT2D eigenvalue weighted by Gasteiger charge is -2.16. The molecule has 1 fully saturated rings. The molecule has 0 spiro atoms. The van der Waals surface area contributed by atoms with Crippen molar-refractivity contribution in [2.75, 3.05) is 13.1 Å². The van der Waals surface area contributed by atoms with Crippen molar-refractivity contribution >= 4 is 11.0 Å². The molecule has 2 aromatic carbocycles. The van der Waals surface area contributed by atoms with Crippen molar-refractivity contribution in [2.45, 2.75) is 18.9 Å². The summed E-state index contributed by atoms with van der Waals surface area (Å²) in [5, 5.41) is 0. The zero-order valence-corrected chi connectivity index (χ0v) is 13.5. The monoisotopic (exact) mass is 327 g/mol. The third-order valence-electron chi connectivity index (χ3n) is 4.85. The molecule has 1 aromatic heterocycles. The number of rotatable bonds is 3. The van der Waals surface area contributed by atoms with Crippen LogP contribution < -0.4 is 0 Å². The quantitative estimate of drug-likeness (QED) is 0.729. The topological polar surface area (TPSA) is 21.1 Å². The highest BCUT2D eigenvalue weighted by atomic mass is 19.2. The lowest BCUT2D eigenvalue weighted by Crippen LogP contribution is -2.20. The molecule has 0 unspecified atom stereocenters. The summed E-state index contributed by atoms with van der Waals surface area (Å²) >= 11 is 0. The van der Waals surface area contributed by atoms with Crippen LogP contribution in [-0.2, 0) is 13.6 Å². The van der Waals surface area contributed by atoms with Crippen LogP contribution in [0.15, 0.2) is 42.5 Å². The molecule has 5 heteroatoms. The Bertz CT molecular complexity index is 887. The van der Waals surface area contributed by atoms with Crippen LogP contribution in [0.2, 0.25) is 0 Å². The van der Waals surface area contributed by atoms with Gasteiger partial charge in [0.05, 0.1) is 11.0 Å². The van der Waals surface area contributed by atoms with E-state index in [0.717, 1.165) is 41.9 Å². The fourth-order valence-corrected chi connectivity index (χ4v) is 3.61. The number of para-hydroxylation sites is 2. The van der Waals surface area contributed by atoms with E-state index in [9.17, 15) is 8.78 Å². The van der Waals surface area contributed by atoms with E-state index in [2.05, 4.69) is 22.6 Å². The molecular weight excluding hydrogens is 308 g/mol. The predicted octanol–water partition coefficient (Wildman–Crippen LogP) is 3.84. The van der Waals surface area contributed by atoms with Gasteiger partial charge < -0.3 is 4.57 Å². The Morgan fingerprint density at radius 1 is 1.12 bits per heavy atom. The van der Waals surface area contributed by atoms with Gasteiger partial charge in [0.2, 0.25) is 0 Å². The second-order valence-electron chi connectivity index (χ2n) is 6.49. The lowest BCUT2D eigenvalue weighted by atomic mass is 10.1. The van der Waals surface area contributed by atoms with E-state index < -0.39 is 11.6 Å². The van der Waals surface area contributed by atoms with Crippen LogP contribution in [0.1, 0.15) is 23.7 Å². The number of hydrogen-bond donors (Lipinski definition) is 0. The first-order valence-electron chi connectivity index (χ1n) is 8.19. The standard InChI is InChI=1S/C19H19F2N3/c1-23-18-5-3-2-4-17(18)22-19(23)14-8-9-24(12-14)11-13-6-7-15(20)16(21)10-13/h2-7,10,14H,8-9,11-12H2,1H3/t14-/m0/s1. The molecule has 1 aliphatic heterocycles. The van der Waals surface area contributed by atoms with Crippen LogP contribution >= 0.6 is 0 Å². The second kappa shape index (κ2) is 5.98. The number of likely N-dealkylation sites (tertiary alicyclic amines) is 1. The molecule has 3 nitrogen and oxygen atoms in total. The summed E-state index contributed by atoms with van der Waals surface area (Å²) in [5.74, 6) is -0.104. The Labute approximate surface area is 139 Å². The summed E-state index contributed by atoms with van der Waals surface area (Å²) in [6, 6.07) is 12.3. The number of aromatic nitrogens is 2. The summed E-state index contributed by atoms with van der Waals surface area (Å²) < 4.78 is 28.6. The Balaban J connectivity index is 1.51. The highest BCUT2D eigenvalue weighted by Gasteiger charge is 2.27. The highest BCUT2D eigenvalue weighted by molar-refractivity contribution is 5.75. The zero-order valence-electron chi connectivity index (χ0n) is 13.5. The summed E-state index contributed by atoms with van der Waals surface area (Å²) in [6.45, 7) is 2.46. The molecule has 24 heavy (non-hydrogen) atoms. The van der Waals surface area contributed by atoms with Gasteiger partial charge in [-0.15, -0.1) is 0 Å². The van der Waals surface area contributed by atoms with Crippen molar-refractivity contribution in [3.05, 3.63) is 65.5 Å². The molecule has 1 atom stereocenters. The average Bonchev–Trinajstić information content (AvgIpc) is 3.16. The molecule has 0 bridgehead atoms. The molecule has 0 N–H and O–H groups in total. The van der Waals surface area contributed by atoms with Crippen molar-refractivity contribution in [3.8, 4) is 0 Å².